The lowest BCUT2D eigenvalue weighted by Gasteiger charge is -2.28. The summed E-state index contributed by atoms with van der Waals surface area (Å²) < 4.78 is 0. The van der Waals surface area contributed by atoms with Crippen LogP contribution < -0.4 is 15.5 Å². The van der Waals surface area contributed by atoms with Crippen LogP contribution in [0.5, 0.6) is 0 Å². The molecule has 2 N–H and O–H groups in total. The average Bonchev–Trinajstić information content (AvgIpc) is 3.08. The van der Waals surface area contributed by atoms with E-state index in [1.165, 1.54) is 19.9 Å². The second-order valence-corrected chi connectivity index (χ2v) is 6.03. The largest absolute Gasteiger partial charge is 0.378 e. The molecule has 6 nitrogen and oxygen atoms in total. The summed E-state index contributed by atoms with van der Waals surface area (Å²) in [7, 11) is 5.48. The van der Waals surface area contributed by atoms with Gasteiger partial charge in [-0.15, -0.1) is 0 Å². The summed E-state index contributed by atoms with van der Waals surface area (Å²) in [5, 5.41) is 5.09. The molecule has 126 valence electrons. The van der Waals surface area contributed by atoms with Crippen molar-refractivity contribution in [3.8, 4) is 0 Å². The standard InChI is InChI=1S/C17H26N4O2/c1-18-16(22)17(23)19-12-15(21-10-4-5-11-21)13-6-8-14(9-7-13)20(2)3/h6-9,15H,4-5,10-12H2,1-3H3,(H,18,22)(H,19,23)/t15-/m1/s1. The molecule has 0 spiro atoms. The number of hydrogen-bond acceptors (Lipinski definition) is 4. The lowest BCUT2D eigenvalue weighted by molar-refractivity contribution is -0.139. The van der Waals surface area contributed by atoms with E-state index in [1.807, 2.05) is 14.1 Å². The van der Waals surface area contributed by atoms with Gasteiger partial charge in [0.05, 0.1) is 6.04 Å². The molecule has 1 aliphatic rings. The van der Waals surface area contributed by atoms with E-state index < -0.39 is 11.8 Å². The van der Waals surface area contributed by atoms with Gasteiger partial charge in [0.2, 0.25) is 0 Å². The number of nitrogens with one attached hydrogen (secondary N) is 2. The lowest BCUT2D eigenvalue weighted by Crippen LogP contribution is -2.42. The highest BCUT2D eigenvalue weighted by atomic mass is 16.2. The van der Waals surface area contributed by atoms with Crippen LogP contribution in [0, 0.1) is 0 Å². The van der Waals surface area contributed by atoms with Crippen molar-refractivity contribution in [2.45, 2.75) is 18.9 Å². The Bertz CT molecular complexity index is 536. The van der Waals surface area contributed by atoms with Gasteiger partial charge in [0.25, 0.3) is 0 Å². The normalized spacial score (nSPS) is 16.0. The van der Waals surface area contributed by atoms with Gasteiger partial charge in [0, 0.05) is 33.4 Å². The first-order valence-corrected chi connectivity index (χ1v) is 8.04. The number of rotatable bonds is 5. The van der Waals surface area contributed by atoms with Gasteiger partial charge in [-0.2, -0.15) is 0 Å². The Morgan fingerprint density at radius 2 is 1.74 bits per heavy atom. The third kappa shape index (κ3) is 4.45. The van der Waals surface area contributed by atoms with Gasteiger partial charge in [-0.05, 0) is 43.6 Å². The predicted molar refractivity (Wildman–Crippen MR) is 91.4 cm³/mol. The molecule has 1 aliphatic heterocycles. The van der Waals surface area contributed by atoms with Crippen molar-refractivity contribution < 1.29 is 9.59 Å². The fourth-order valence-electron chi connectivity index (χ4n) is 2.89. The van der Waals surface area contributed by atoms with Crippen molar-refractivity contribution in [1.29, 1.82) is 0 Å². The predicted octanol–water partition coefficient (Wildman–Crippen LogP) is 0.752. The van der Waals surface area contributed by atoms with Gasteiger partial charge in [0.15, 0.2) is 0 Å². The Morgan fingerprint density at radius 3 is 2.26 bits per heavy atom. The molecule has 1 aromatic carbocycles. The molecule has 1 atom stereocenters. The molecular formula is C17H26N4O2. The zero-order valence-electron chi connectivity index (χ0n) is 14.1. The Balaban J connectivity index is 2.10. The van der Waals surface area contributed by atoms with Crippen LogP contribution in [0.15, 0.2) is 24.3 Å². The highest BCUT2D eigenvalue weighted by Crippen LogP contribution is 2.26. The van der Waals surface area contributed by atoms with Crippen LogP contribution in [0.25, 0.3) is 0 Å². The van der Waals surface area contributed by atoms with Crippen LogP contribution in [-0.2, 0) is 9.59 Å². The van der Waals surface area contributed by atoms with Gasteiger partial charge in [-0.1, -0.05) is 12.1 Å². The smallest absolute Gasteiger partial charge is 0.309 e. The Kier molecular flexibility index (Phi) is 5.98. The van der Waals surface area contributed by atoms with Crippen LogP contribution in [0.1, 0.15) is 24.4 Å². The Morgan fingerprint density at radius 1 is 1.13 bits per heavy atom. The van der Waals surface area contributed by atoms with Gasteiger partial charge >= 0.3 is 11.8 Å². The van der Waals surface area contributed by atoms with Crippen molar-refractivity contribution >= 4 is 17.5 Å². The van der Waals surface area contributed by atoms with E-state index in [9.17, 15) is 9.59 Å². The van der Waals surface area contributed by atoms with Crippen LogP contribution in [0.2, 0.25) is 0 Å². The van der Waals surface area contributed by atoms with E-state index in [0.29, 0.717) is 6.54 Å². The van der Waals surface area contributed by atoms with Crippen LogP contribution in [0.3, 0.4) is 0 Å². The minimum absolute atomic E-state index is 0.0994. The molecular weight excluding hydrogens is 292 g/mol. The number of nitrogens with zero attached hydrogens (tertiary/aromatic N) is 2. The van der Waals surface area contributed by atoms with Crippen molar-refractivity contribution in [2.75, 3.05) is 45.7 Å². The number of carbonyl (C=O) groups excluding carboxylic acids is 2. The molecule has 0 aromatic heterocycles. The van der Waals surface area contributed by atoms with E-state index in [1.54, 1.807) is 0 Å². The lowest BCUT2D eigenvalue weighted by atomic mass is 10.0. The number of likely N-dealkylation sites (tertiary alicyclic amines) is 1. The highest BCUT2D eigenvalue weighted by Gasteiger charge is 2.24. The third-order valence-electron chi connectivity index (χ3n) is 4.26. The third-order valence-corrected chi connectivity index (χ3v) is 4.26. The molecule has 0 bridgehead atoms. The summed E-state index contributed by atoms with van der Waals surface area (Å²) in [5.41, 5.74) is 2.30. The van der Waals surface area contributed by atoms with Crippen molar-refractivity contribution in [1.82, 2.24) is 15.5 Å². The first kappa shape index (κ1) is 17.3. The SMILES string of the molecule is CNC(=O)C(=O)NC[C@H](c1ccc(N(C)C)cc1)N1CCCC1. The summed E-state index contributed by atoms with van der Waals surface area (Å²) in [4.78, 5) is 27.5. The van der Waals surface area contributed by atoms with Gasteiger partial charge in [-0.25, -0.2) is 0 Å². The summed E-state index contributed by atoms with van der Waals surface area (Å²) in [6.45, 7) is 2.49. The minimum Gasteiger partial charge on any atom is -0.378 e. The molecule has 0 saturated carbocycles. The molecule has 2 amide bonds. The highest BCUT2D eigenvalue weighted by molar-refractivity contribution is 6.35. The molecule has 1 aromatic rings. The van der Waals surface area contributed by atoms with Gasteiger partial charge in [0.1, 0.15) is 0 Å². The number of anilines is 1. The molecule has 0 aliphatic carbocycles. The fourth-order valence-corrected chi connectivity index (χ4v) is 2.89. The second kappa shape index (κ2) is 7.97. The maximum absolute atomic E-state index is 11.7. The zero-order valence-corrected chi connectivity index (χ0v) is 14.1. The zero-order chi connectivity index (χ0) is 16.8. The summed E-state index contributed by atoms with van der Waals surface area (Å²) in [5.74, 6) is -1.19. The van der Waals surface area contributed by atoms with Crippen molar-refractivity contribution in [3.63, 3.8) is 0 Å². The monoisotopic (exact) mass is 318 g/mol. The van der Waals surface area contributed by atoms with E-state index >= 15 is 0 Å². The van der Waals surface area contributed by atoms with Crippen molar-refractivity contribution in [3.05, 3.63) is 29.8 Å². The van der Waals surface area contributed by atoms with E-state index in [0.717, 1.165) is 24.3 Å². The number of benzene rings is 1. The second-order valence-electron chi connectivity index (χ2n) is 6.03. The first-order valence-electron chi connectivity index (χ1n) is 8.04. The van der Waals surface area contributed by atoms with E-state index in [-0.39, 0.29) is 6.04 Å². The van der Waals surface area contributed by atoms with Gasteiger partial charge in [-0.3, -0.25) is 14.5 Å². The molecule has 6 heteroatoms. The van der Waals surface area contributed by atoms with Gasteiger partial charge < -0.3 is 15.5 Å². The quantitative estimate of drug-likeness (QED) is 0.787. The molecule has 2 rings (SSSR count). The first-order chi connectivity index (χ1) is 11.0. The van der Waals surface area contributed by atoms with Crippen molar-refractivity contribution in [2.24, 2.45) is 0 Å². The minimum atomic E-state index is -0.604. The molecule has 23 heavy (non-hydrogen) atoms. The number of hydrogen-bond donors (Lipinski definition) is 2. The molecule has 0 unspecified atom stereocenters. The van der Waals surface area contributed by atoms with Crippen LogP contribution in [0.4, 0.5) is 5.69 Å². The van der Waals surface area contributed by atoms with Crippen LogP contribution >= 0.6 is 0 Å². The van der Waals surface area contributed by atoms with E-state index in [4.69, 9.17) is 0 Å². The maximum Gasteiger partial charge on any atom is 0.309 e. The summed E-state index contributed by atoms with van der Waals surface area (Å²) in [6, 6.07) is 8.47. The number of amides is 2. The average molecular weight is 318 g/mol. The Labute approximate surface area is 137 Å². The molecule has 0 radical (unpaired) electrons. The number of likely N-dealkylation sites (N-methyl/N-ethyl adjacent to an activating group) is 1. The summed E-state index contributed by atoms with van der Waals surface area (Å²) >= 11 is 0. The topological polar surface area (TPSA) is 64.7 Å². The molecule has 1 saturated heterocycles. The molecule has 1 heterocycles. The fraction of sp³-hybridized carbons (Fsp3) is 0.529. The summed E-state index contributed by atoms with van der Waals surface area (Å²) in [6.07, 6.45) is 2.35. The van der Waals surface area contributed by atoms with Crippen LogP contribution in [-0.4, -0.2) is 57.5 Å². The molecule has 1 fully saturated rings. The van der Waals surface area contributed by atoms with E-state index in [2.05, 4.69) is 44.7 Å². The number of carbonyl (C=O) groups is 2. The Hall–Kier alpha value is -2.08. The maximum atomic E-state index is 11.7.